The molecule has 1 saturated carbocycles. The van der Waals surface area contributed by atoms with Crippen LogP contribution in [0.3, 0.4) is 0 Å². The van der Waals surface area contributed by atoms with E-state index in [-0.39, 0.29) is 17.0 Å². The van der Waals surface area contributed by atoms with Crippen LogP contribution in [-0.4, -0.2) is 5.97 Å². The number of ether oxygens (including phenoxy) is 1. The maximum atomic E-state index is 14.9. The summed E-state index contributed by atoms with van der Waals surface area (Å²) in [5.74, 6) is -2.04. The van der Waals surface area contributed by atoms with Crippen LogP contribution in [0.25, 0.3) is 11.1 Å². The smallest absolute Gasteiger partial charge is 0.308 e. The number of halogens is 3. The van der Waals surface area contributed by atoms with E-state index in [1.54, 1.807) is 0 Å². The highest BCUT2D eigenvalue weighted by molar-refractivity contribution is 5.70. The van der Waals surface area contributed by atoms with Crippen molar-refractivity contribution in [1.82, 2.24) is 0 Å². The van der Waals surface area contributed by atoms with Gasteiger partial charge in [-0.3, -0.25) is 4.79 Å². The normalized spacial score (nSPS) is 20.1. The summed E-state index contributed by atoms with van der Waals surface area (Å²) in [6.45, 7) is 5.68. The Morgan fingerprint density at radius 3 is 2.27 bits per heavy atom. The summed E-state index contributed by atoms with van der Waals surface area (Å²) in [4.78, 5) is 11.0. The van der Waals surface area contributed by atoms with Gasteiger partial charge in [-0.1, -0.05) is 32.4 Å². The highest BCUT2D eigenvalue weighted by Gasteiger charge is 2.30. The molecule has 1 aliphatic rings. The number of carbonyl (C=O) groups excluding carboxylic acids is 1. The zero-order valence-corrected chi connectivity index (χ0v) is 17.8. The summed E-state index contributed by atoms with van der Waals surface area (Å²) >= 11 is 0. The van der Waals surface area contributed by atoms with Gasteiger partial charge in [-0.05, 0) is 73.6 Å². The number of carbonyl (C=O) groups is 1. The summed E-state index contributed by atoms with van der Waals surface area (Å²) in [5, 5.41) is 0. The van der Waals surface area contributed by atoms with Crippen molar-refractivity contribution in [3.8, 4) is 16.9 Å². The quantitative estimate of drug-likeness (QED) is 0.277. The lowest BCUT2D eigenvalue weighted by Crippen LogP contribution is -2.18. The minimum absolute atomic E-state index is 0.116. The Morgan fingerprint density at radius 2 is 1.70 bits per heavy atom. The molecular formula is C25H29F3O2. The van der Waals surface area contributed by atoms with Crippen LogP contribution in [0.1, 0.15) is 70.8 Å². The van der Waals surface area contributed by atoms with Gasteiger partial charge < -0.3 is 4.74 Å². The predicted molar refractivity (Wildman–Crippen MR) is 112 cm³/mol. The maximum absolute atomic E-state index is 14.9. The van der Waals surface area contributed by atoms with Gasteiger partial charge in [0, 0.05) is 18.1 Å². The van der Waals surface area contributed by atoms with E-state index in [1.807, 2.05) is 0 Å². The molecule has 0 saturated heterocycles. The molecule has 1 unspecified atom stereocenters. The van der Waals surface area contributed by atoms with Gasteiger partial charge in [-0.2, -0.15) is 0 Å². The van der Waals surface area contributed by atoms with Gasteiger partial charge in [0.05, 0.1) is 0 Å². The second kappa shape index (κ2) is 9.67. The fraction of sp³-hybridized carbons (Fsp3) is 0.480. The van der Waals surface area contributed by atoms with Crippen LogP contribution >= 0.6 is 0 Å². The Balaban J connectivity index is 1.79. The monoisotopic (exact) mass is 418 g/mol. The first-order chi connectivity index (χ1) is 14.3. The molecule has 0 amide bonds. The van der Waals surface area contributed by atoms with E-state index in [0.717, 1.165) is 31.7 Å². The van der Waals surface area contributed by atoms with Crippen LogP contribution in [-0.2, 0) is 4.79 Å². The average Bonchev–Trinajstić information content (AvgIpc) is 2.72. The van der Waals surface area contributed by atoms with Gasteiger partial charge in [0.15, 0.2) is 11.6 Å². The van der Waals surface area contributed by atoms with E-state index < -0.39 is 23.4 Å². The SMILES string of the molecule is CCC(C)CC1CCC(c2c(F)cc(-c3ccc(OC(C)=O)cc3)c(F)c2F)CC1. The number of benzene rings is 2. The Morgan fingerprint density at radius 1 is 1.07 bits per heavy atom. The molecule has 1 aliphatic carbocycles. The highest BCUT2D eigenvalue weighted by Crippen LogP contribution is 2.42. The van der Waals surface area contributed by atoms with Crippen LogP contribution < -0.4 is 4.74 Å². The summed E-state index contributed by atoms with van der Waals surface area (Å²) in [6.07, 6.45) is 5.50. The first-order valence-corrected chi connectivity index (χ1v) is 10.8. The summed E-state index contributed by atoms with van der Waals surface area (Å²) < 4.78 is 49.6. The fourth-order valence-corrected chi connectivity index (χ4v) is 4.48. The lowest BCUT2D eigenvalue weighted by molar-refractivity contribution is -0.131. The Labute approximate surface area is 176 Å². The van der Waals surface area contributed by atoms with Gasteiger partial charge in [-0.25, -0.2) is 13.2 Å². The number of esters is 1. The van der Waals surface area contributed by atoms with E-state index in [9.17, 15) is 18.0 Å². The minimum Gasteiger partial charge on any atom is -0.427 e. The Kier molecular flexibility index (Phi) is 7.22. The predicted octanol–water partition coefficient (Wildman–Crippen LogP) is 7.41. The first kappa shape index (κ1) is 22.4. The lowest BCUT2D eigenvalue weighted by Gasteiger charge is -2.30. The second-order valence-corrected chi connectivity index (χ2v) is 8.53. The van der Waals surface area contributed by atoms with Crippen molar-refractivity contribution in [2.75, 3.05) is 0 Å². The minimum atomic E-state index is -1.08. The Hall–Kier alpha value is -2.30. The molecule has 30 heavy (non-hydrogen) atoms. The van der Waals surface area contributed by atoms with Gasteiger partial charge >= 0.3 is 5.97 Å². The molecule has 162 valence electrons. The van der Waals surface area contributed by atoms with E-state index in [4.69, 9.17) is 4.74 Å². The van der Waals surface area contributed by atoms with Crippen molar-refractivity contribution in [2.45, 2.75) is 65.2 Å². The largest absolute Gasteiger partial charge is 0.427 e. The summed E-state index contributed by atoms with van der Waals surface area (Å²) in [6, 6.07) is 6.99. The average molecular weight is 418 g/mol. The molecule has 0 radical (unpaired) electrons. The molecule has 1 atom stereocenters. The second-order valence-electron chi connectivity index (χ2n) is 8.53. The third kappa shape index (κ3) is 5.05. The molecular weight excluding hydrogens is 389 g/mol. The van der Waals surface area contributed by atoms with Gasteiger partial charge in [0.2, 0.25) is 0 Å². The maximum Gasteiger partial charge on any atom is 0.308 e. The summed E-state index contributed by atoms with van der Waals surface area (Å²) in [5.41, 5.74) is 0.0772. The standard InChI is InChI=1S/C25H29F3O2/c1-4-15(2)13-17-5-7-19(8-6-17)23-22(26)14-21(24(27)25(23)28)18-9-11-20(12-10-18)30-16(3)29/h9-12,14-15,17,19H,4-8,13H2,1-3H3. The Bertz CT molecular complexity index is 884. The molecule has 0 spiro atoms. The van der Waals surface area contributed by atoms with E-state index >= 15 is 0 Å². The van der Waals surface area contributed by atoms with Crippen LogP contribution in [0.4, 0.5) is 13.2 Å². The number of hydrogen-bond donors (Lipinski definition) is 0. The molecule has 1 fully saturated rings. The van der Waals surface area contributed by atoms with E-state index in [1.165, 1.54) is 31.2 Å². The van der Waals surface area contributed by atoms with Gasteiger partial charge in [0.25, 0.3) is 0 Å². The number of hydrogen-bond acceptors (Lipinski definition) is 2. The van der Waals surface area contributed by atoms with Crippen LogP contribution in [0, 0.1) is 29.3 Å². The van der Waals surface area contributed by atoms with Gasteiger partial charge in [-0.15, -0.1) is 0 Å². The zero-order valence-electron chi connectivity index (χ0n) is 17.8. The van der Waals surface area contributed by atoms with Crippen LogP contribution in [0.15, 0.2) is 30.3 Å². The molecule has 2 aromatic carbocycles. The van der Waals surface area contributed by atoms with Gasteiger partial charge in [0.1, 0.15) is 11.6 Å². The third-order valence-corrected chi connectivity index (χ3v) is 6.31. The molecule has 0 aromatic heterocycles. The van der Waals surface area contributed by atoms with Crippen molar-refractivity contribution in [2.24, 2.45) is 11.8 Å². The van der Waals surface area contributed by atoms with Crippen LogP contribution in [0.5, 0.6) is 5.75 Å². The topological polar surface area (TPSA) is 26.3 Å². The summed E-state index contributed by atoms with van der Waals surface area (Å²) in [7, 11) is 0. The van der Waals surface area contributed by atoms with E-state index in [0.29, 0.717) is 36.0 Å². The molecule has 2 aromatic rings. The molecule has 0 heterocycles. The van der Waals surface area contributed by atoms with Crippen molar-refractivity contribution >= 4 is 5.97 Å². The molecule has 0 bridgehead atoms. The van der Waals surface area contributed by atoms with Crippen LogP contribution in [0.2, 0.25) is 0 Å². The lowest BCUT2D eigenvalue weighted by atomic mass is 9.75. The molecule has 3 rings (SSSR count). The zero-order chi connectivity index (χ0) is 21.8. The third-order valence-electron chi connectivity index (χ3n) is 6.31. The molecule has 0 aliphatic heterocycles. The fourth-order valence-electron chi connectivity index (χ4n) is 4.48. The molecule has 2 nitrogen and oxygen atoms in total. The van der Waals surface area contributed by atoms with Crippen molar-refractivity contribution < 1.29 is 22.7 Å². The van der Waals surface area contributed by atoms with Crippen molar-refractivity contribution in [3.05, 3.63) is 53.3 Å². The molecule has 0 N–H and O–H groups in total. The van der Waals surface area contributed by atoms with Crippen molar-refractivity contribution in [3.63, 3.8) is 0 Å². The highest BCUT2D eigenvalue weighted by atomic mass is 19.2. The first-order valence-electron chi connectivity index (χ1n) is 10.8. The van der Waals surface area contributed by atoms with E-state index in [2.05, 4.69) is 13.8 Å². The molecule has 5 heteroatoms. The van der Waals surface area contributed by atoms with Crippen molar-refractivity contribution in [1.29, 1.82) is 0 Å². The number of rotatable bonds is 6.